The summed E-state index contributed by atoms with van der Waals surface area (Å²) in [5.41, 5.74) is -0.0120. The summed E-state index contributed by atoms with van der Waals surface area (Å²) in [7, 11) is 1.33. The van der Waals surface area contributed by atoms with Gasteiger partial charge in [0.25, 0.3) is 0 Å². The molecule has 7 heteroatoms. The predicted molar refractivity (Wildman–Crippen MR) is 160 cm³/mol. The van der Waals surface area contributed by atoms with E-state index < -0.39 is 11.4 Å². The minimum atomic E-state index is -0.610. The number of ketones is 1. The molecular weight excluding hydrogens is 530 g/mol. The Balaban J connectivity index is 1.50. The lowest BCUT2D eigenvalue weighted by atomic mass is 9.33. The zero-order valence-electron chi connectivity index (χ0n) is 27.4. The van der Waals surface area contributed by atoms with Gasteiger partial charge in [0.2, 0.25) is 5.91 Å². The van der Waals surface area contributed by atoms with E-state index in [1.165, 1.54) is 19.6 Å². The Bertz CT molecular complexity index is 1220. The normalized spacial score (nSPS) is 45.6. The average molecular weight is 584 g/mol. The number of ether oxygens (including phenoxy) is 2. The second-order valence-electron chi connectivity index (χ2n) is 16.5. The van der Waals surface area contributed by atoms with Crippen LogP contribution < -0.4 is 5.32 Å². The van der Waals surface area contributed by atoms with Crippen LogP contribution in [0.2, 0.25) is 0 Å². The molecule has 1 amide bonds. The maximum atomic E-state index is 14.6. The standard InChI is InChI=1S/C35H53NO6/c1-21(37)42-26-11-12-33(6)25(30(26,2)3)10-13-35(8)28(33)24(38)18-22-23-19-32(5,29(40)36-20-27(39)41-9)15-14-31(23,4)16-17-34(22,35)7/h18,23,25-26,28H,10-17,19-20H2,1-9H3,(H,36,40)/t23-,25-,26-,28+,31+,32-,33-,34+,35+/m0/s1. The molecule has 5 aliphatic carbocycles. The molecule has 5 aliphatic rings. The van der Waals surface area contributed by atoms with E-state index in [2.05, 4.69) is 46.9 Å². The second-order valence-corrected chi connectivity index (χ2v) is 16.5. The van der Waals surface area contributed by atoms with Crippen molar-refractivity contribution >= 4 is 23.6 Å². The van der Waals surface area contributed by atoms with Crippen molar-refractivity contribution in [2.24, 2.45) is 50.2 Å². The predicted octanol–water partition coefficient (Wildman–Crippen LogP) is 6.19. The van der Waals surface area contributed by atoms with Gasteiger partial charge in [-0.15, -0.1) is 0 Å². The molecule has 4 saturated carbocycles. The SMILES string of the molecule is COC(=O)CNC(=O)[C@@]1(C)CC[C@]2(C)CC[C@]3(C)C(=CC(=O)[C@@H]4[C@@]5(C)CC[C@H](OC(C)=O)C(C)(C)[C@@H]5CC[C@]43C)[C@@H]2C1. The number of allylic oxidation sites excluding steroid dienone is 2. The van der Waals surface area contributed by atoms with Gasteiger partial charge in [0.05, 0.1) is 7.11 Å². The second kappa shape index (κ2) is 9.92. The fourth-order valence-corrected chi connectivity index (χ4v) is 11.2. The summed E-state index contributed by atoms with van der Waals surface area (Å²) in [6.07, 6.45) is 10.1. The van der Waals surface area contributed by atoms with Gasteiger partial charge >= 0.3 is 11.9 Å². The third-order valence-electron chi connectivity index (χ3n) is 14.0. The molecular formula is C35H53NO6. The summed E-state index contributed by atoms with van der Waals surface area (Å²) in [6.45, 7) is 17.4. The third-order valence-corrected chi connectivity index (χ3v) is 14.0. The molecule has 0 aromatic carbocycles. The fourth-order valence-electron chi connectivity index (χ4n) is 11.2. The number of rotatable bonds is 4. The van der Waals surface area contributed by atoms with Crippen LogP contribution in [0.25, 0.3) is 0 Å². The lowest BCUT2D eigenvalue weighted by Crippen LogP contribution is -2.66. The van der Waals surface area contributed by atoms with Crippen LogP contribution in [0.4, 0.5) is 0 Å². The van der Waals surface area contributed by atoms with Crippen LogP contribution in [-0.2, 0) is 28.7 Å². The number of carbonyl (C=O) groups is 4. The molecule has 0 aromatic heterocycles. The molecule has 0 spiro atoms. The Morgan fingerprint density at radius 1 is 0.929 bits per heavy atom. The van der Waals surface area contributed by atoms with E-state index in [1.54, 1.807) is 0 Å². The van der Waals surface area contributed by atoms with Crippen molar-refractivity contribution in [1.29, 1.82) is 0 Å². The zero-order chi connectivity index (χ0) is 31.1. The summed E-state index contributed by atoms with van der Waals surface area (Å²) in [6, 6.07) is 0. The monoisotopic (exact) mass is 583 g/mol. The van der Waals surface area contributed by atoms with Crippen molar-refractivity contribution < 1.29 is 28.7 Å². The van der Waals surface area contributed by atoms with E-state index in [9.17, 15) is 19.2 Å². The van der Waals surface area contributed by atoms with Gasteiger partial charge in [0, 0.05) is 23.7 Å². The van der Waals surface area contributed by atoms with E-state index in [0.29, 0.717) is 6.42 Å². The number of methoxy groups -OCH3 is 1. The minimum absolute atomic E-state index is 0.0438. The van der Waals surface area contributed by atoms with Gasteiger partial charge in [-0.1, -0.05) is 54.0 Å². The van der Waals surface area contributed by atoms with E-state index in [0.717, 1.165) is 51.4 Å². The van der Waals surface area contributed by atoms with Gasteiger partial charge in [-0.2, -0.15) is 0 Å². The van der Waals surface area contributed by atoms with Crippen LogP contribution >= 0.6 is 0 Å². The van der Waals surface area contributed by atoms with E-state index >= 15 is 0 Å². The number of hydrogen-bond acceptors (Lipinski definition) is 6. The molecule has 7 nitrogen and oxygen atoms in total. The molecule has 0 unspecified atom stereocenters. The largest absolute Gasteiger partial charge is 0.468 e. The molecule has 234 valence electrons. The summed E-state index contributed by atoms with van der Waals surface area (Å²) in [4.78, 5) is 51.7. The molecule has 0 aromatic rings. The van der Waals surface area contributed by atoms with E-state index in [4.69, 9.17) is 9.47 Å². The van der Waals surface area contributed by atoms with E-state index in [-0.39, 0.29) is 75.1 Å². The van der Waals surface area contributed by atoms with Gasteiger partial charge in [0.1, 0.15) is 12.6 Å². The Kier molecular flexibility index (Phi) is 7.38. The van der Waals surface area contributed by atoms with E-state index in [1.807, 2.05) is 13.0 Å². The first-order valence-corrected chi connectivity index (χ1v) is 16.2. The summed E-state index contributed by atoms with van der Waals surface area (Å²) >= 11 is 0. The first kappa shape index (κ1) is 31.3. The van der Waals surface area contributed by atoms with Crippen LogP contribution in [0.15, 0.2) is 11.6 Å². The minimum Gasteiger partial charge on any atom is -0.468 e. The van der Waals surface area contributed by atoms with Crippen LogP contribution in [0.3, 0.4) is 0 Å². The highest BCUT2D eigenvalue weighted by Crippen LogP contribution is 2.75. The molecule has 0 heterocycles. The van der Waals surface area contributed by atoms with Crippen LogP contribution in [0.5, 0.6) is 0 Å². The highest BCUT2D eigenvalue weighted by Gasteiger charge is 2.70. The summed E-state index contributed by atoms with van der Waals surface area (Å²) in [5.74, 6) is -0.185. The molecule has 0 bridgehead atoms. The molecule has 5 rings (SSSR count). The number of fused-ring (bicyclic) bond motifs is 7. The van der Waals surface area contributed by atoms with Crippen molar-refractivity contribution in [3.05, 3.63) is 11.6 Å². The first-order valence-electron chi connectivity index (χ1n) is 16.2. The first-order chi connectivity index (χ1) is 19.4. The molecule has 1 N–H and O–H groups in total. The van der Waals surface area contributed by atoms with Crippen molar-refractivity contribution in [3.63, 3.8) is 0 Å². The summed E-state index contributed by atoms with van der Waals surface area (Å²) < 4.78 is 10.6. The van der Waals surface area contributed by atoms with Crippen LogP contribution in [-0.4, -0.2) is 43.4 Å². The lowest BCUT2D eigenvalue weighted by Gasteiger charge is -2.70. The van der Waals surface area contributed by atoms with Gasteiger partial charge in [0.15, 0.2) is 5.78 Å². The van der Waals surface area contributed by atoms with Crippen molar-refractivity contribution in [3.8, 4) is 0 Å². The Labute approximate surface area is 252 Å². The summed E-state index contributed by atoms with van der Waals surface area (Å²) in [5, 5.41) is 2.82. The molecule has 0 radical (unpaired) electrons. The van der Waals surface area contributed by atoms with Gasteiger partial charge in [-0.05, 0) is 97.4 Å². The molecule has 9 atom stereocenters. The third kappa shape index (κ3) is 4.33. The smallest absolute Gasteiger partial charge is 0.325 e. The van der Waals surface area contributed by atoms with Crippen LogP contribution in [0, 0.1) is 50.2 Å². The van der Waals surface area contributed by atoms with Crippen molar-refractivity contribution in [2.45, 2.75) is 119 Å². The Morgan fingerprint density at radius 2 is 1.60 bits per heavy atom. The topological polar surface area (TPSA) is 98.8 Å². The van der Waals surface area contributed by atoms with Gasteiger partial charge in [-0.25, -0.2) is 0 Å². The lowest BCUT2D eigenvalue weighted by molar-refractivity contribution is -0.210. The van der Waals surface area contributed by atoms with Crippen molar-refractivity contribution in [2.75, 3.05) is 13.7 Å². The van der Waals surface area contributed by atoms with Crippen LogP contribution in [0.1, 0.15) is 113 Å². The maximum Gasteiger partial charge on any atom is 0.325 e. The van der Waals surface area contributed by atoms with Crippen molar-refractivity contribution in [1.82, 2.24) is 5.32 Å². The fraction of sp³-hybridized carbons (Fsp3) is 0.829. The molecule has 42 heavy (non-hydrogen) atoms. The zero-order valence-corrected chi connectivity index (χ0v) is 27.4. The molecule has 4 fully saturated rings. The number of esters is 2. The number of amides is 1. The highest BCUT2D eigenvalue weighted by molar-refractivity contribution is 5.96. The molecule has 0 aliphatic heterocycles. The van der Waals surface area contributed by atoms with Gasteiger partial charge in [-0.3, -0.25) is 19.2 Å². The number of carbonyl (C=O) groups excluding carboxylic acids is 4. The average Bonchev–Trinajstić information content (AvgIpc) is 2.90. The molecule has 0 saturated heterocycles. The quantitative estimate of drug-likeness (QED) is 0.397. The number of hydrogen-bond donors (Lipinski definition) is 1. The highest BCUT2D eigenvalue weighted by atomic mass is 16.5. The Hall–Kier alpha value is -2.18. The Morgan fingerprint density at radius 3 is 2.24 bits per heavy atom. The van der Waals surface area contributed by atoms with Gasteiger partial charge < -0.3 is 14.8 Å². The maximum absolute atomic E-state index is 14.6. The number of nitrogens with one attached hydrogen (secondary N) is 1.